The van der Waals surface area contributed by atoms with Crippen molar-refractivity contribution in [3.05, 3.63) is 74.9 Å². The summed E-state index contributed by atoms with van der Waals surface area (Å²) in [4.78, 5) is 43.4. The molecule has 33 heavy (non-hydrogen) atoms. The summed E-state index contributed by atoms with van der Waals surface area (Å²) in [5, 5.41) is 1.91. The minimum absolute atomic E-state index is 0.0840. The van der Waals surface area contributed by atoms with E-state index < -0.39 is 11.9 Å². The van der Waals surface area contributed by atoms with Gasteiger partial charge in [0.15, 0.2) is 11.5 Å². The van der Waals surface area contributed by atoms with Crippen LogP contribution in [0.3, 0.4) is 0 Å². The Hall–Kier alpha value is -3.17. The molecule has 2 aromatic carbocycles. The first-order valence-corrected chi connectivity index (χ1v) is 11.8. The molecule has 1 aliphatic heterocycles. The number of hydrogen-bond acceptors (Lipinski definition) is 6. The molecule has 3 amide bonds. The van der Waals surface area contributed by atoms with Crippen LogP contribution in [-0.2, 0) is 16.1 Å². The Morgan fingerprint density at radius 2 is 1.82 bits per heavy atom. The number of rotatable bonds is 7. The van der Waals surface area contributed by atoms with Gasteiger partial charge in [-0.25, -0.2) is 4.90 Å². The van der Waals surface area contributed by atoms with Crippen LogP contribution in [0.1, 0.15) is 21.7 Å². The van der Waals surface area contributed by atoms with Gasteiger partial charge in [0.1, 0.15) is 6.04 Å². The number of nitrogens with zero attached hydrogens (tertiary/aromatic N) is 2. The number of amides is 3. The maximum absolute atomic E-state index is 13.6. The third-order valence-electron chi connectivity index (χ3n) is 5.38. The molecule has 1 fully saturated rings. The second-order valence-corrected chi connectivity index (χ2v) is 9.29. The summed E-state index contributed by atoms with van der Waals surface area (Å²) in [5.74, 6) is -0.235. The Labute approximate surface area is 203 Å². The molecule has 170 valence electrons. The van der Waals surface area contributed by atoms with Gasteiger partial charge in [0.05, 0.1) is 32.9 Å². The fourth-order valence-corrected chi connectivity index (χ4v) is 4.72. The van der Waals surface area contributed by atoms with Crippen LogP contribution in [0.15, 0.2) is 64.5 Å². The number of carbonyl (C=O) groups excluding carboxylic acids is 3. The molecule has 0 N–H and O–H groups in total. The standard InChI is InChI=1S/C24H21BrN2O5S/c1-31-20-10-5-15(12-21(20)32-2)23(29)26(14-18-4-3-11-33-18)19-13-22(28)27(24(19)30)17-8-6-16(25)7-9-17/h3-12,19H,13-14H2,1-2H3. The minimum atomic E-state index is -0.913. The summed E-state index contributed by atoms with van der Waals surface area (Å²) in [5.41, 5.74) is 0.817. The summed E-state index contributed by atoms with van der Waals surface area (Å²) in [6, 6.07) is 14.6. The van der Waals surface area contributed by atoms with Crippen LogP contribution in [0, 0.1) is 0 Å². The first kappa shape index (κ1) is 23.0. The summed E-state index contributed by atoms with van der Waals surface area (Å²) >= 11 is 4.84. The number of imide groups is 1. The van der Waals surface area contributed by atoms with Crippen molar-refractivity contribution in [1.82, 2.24) is 4.90 Å². The monoisotopic (exact) mass is 528 g/mol. The smallest absolute Gasteiger partial charge is 0.257 e. The fourth-order valence-electron chi connectivity index (χ4n) is 3.75. The quantitative estimate of drug-likeness (QED) is 0.422. The molecule has 0 saturated carbocycles. The predicted octanol–water partition coefficient (Wildman–Crippen LogP) is 4.50. The lowest BCUT2D eigenvalue weighted by atomic mass is 10.1. The second kappa shape index (κ2) is 9.76. The van der Waals surface area contributed by atoms with Gasteiger partial charge in [-0.3, -0.25) is 14.4 Å². The van der Waals surface area contributed by atoms with E-state index in [4.69, 9.17) is 9.47 Å². The Morgan fingerprint density at radius 1 is 1.09 bits per heavy atom. The van der Waals surface area contributed by atoms with Crippen LogP contribution in [-0.4, -0.2) is 42.9 Å². The number of halogens is 1. The first-order chi connectivity index (χ1) is 15.9. The van der Waals surface area contributed by atoms with E-state index in [1.54, 1.807) is 42.5 Å². The van der Waals surface area contributed by atoms with Crippen molar-refractivity contribution >= 4 is 50.7 Å². The average molecular weight is 529 g/mol. The highest BCUT2D eigenvalue weighted by Gasteiger charge is 2.44. The van der Waals surface area contributed by atoms with Crippen LogP contribution in [0.4, 0.5) is 5.69 Å². The number of ether oxygens (including phenoxy) is 2. The molecule has 1 aliphatic rings. The van der Waals surface area contributed by atoms with Crippen molar-refractivity contribution < 1.29 is 23.9 Å². The van der Waals surface area contributed by atoms with Crippen molar-refractivity contribution in [2.24, 2.45) is 0 Å². The summed E-state index contributed by atoms with van der Waals surface area (Å²) in [6.45, 7) is 0.211. The van der Waals surface area contributed by atoms with Crippen LogP contribution in [0.5, 0.6) is 11.5 Å². The maximum atomic E-state index is 13.6. The molecule has 0 bridgehead atoms. The highest BCUT2D eigenvalue weighted by Crippen LogP contribution is 2.32. The van der Waals surface area contributed by atoms with Crippen LogP contribution < -0.4 is 14.4 Å². The average Bonchev–Trinajstić information content (AvgIpc) is 3.44. The number of anilines is 1. The molecule has 0 spiro atoms. The van der Waals surface area contributed by atoms with Crippen molar-refractivity contribution in [1.29, 1.82) is 0 Å². The van der Waals surface area contributed by atoms with Crippen molar-refractivity contribution in [2.75, 3.05) is 19.1 Å². The predicted molar refractivity (Wildman–Crippen MR) is 129 cm³/mol. The molecule has 0 aliphatic carbocycles. The zero-order chi connectivity index (χ0) is 23.5. The van der Waals surface area contributed by atoms with E-state index in [0.29, 0.717) is 22.7 Å². The van der Waals surface area contributed by atoms with Gasteiger partial charge in [0, 0.05) is 14.9 Å². The molecular formula is C24H21BrN2O5S. The van der Waals surface area contributed by atoms with E-state index in [9.17, 15) is 14.4 Å². The maximum Gasteiger partial charge on any atom is 0.257 e. The second-order valence-electron chi connectivity index (χ2n) is 7.35. The van der Waals surface area contributed by atoms with E-state index in [2.05, 4.69) is 15.9 Å². The molecule has 4 rings (SSSR count). The number of carbonyl (C=O) groups is 3. The van der Waals surface area contributed by atoms with Gasteiger partial charge in [0.2, 0.25) is 5.91 Å². The topological polar surface area (TPSA) is 76.2 Å². The van der Waals surface area contributed by atoms with Crippen LogP contribution >= 0.6 is 27.3 Å². The third kappa shape index (κ3) is 4.65. The highest BCUT2D eigenvalue weighted by molar-refractivity contribution is 9.10. The SMILES string of the molecule is COc1ccc(C(=O)N(Cc2cccs2)C2CC(=O)N(c3ccc(Br)cc3)C2=O)cc1OC. The molecule has 9 heteroatoms. The van der Waals surface area contributed by atoms with Crippen LogP contribution in [0.25, 0.3) is 0 Å². The zero-order valence-electron chi connectivity index (χ0n) is 18.0. The molecule has 3 aromatic rings. The minimum Gasteiger partial charge on any atom is -0.493 e. The fraction of sp³-hybridized carbons (Fsp3) is 0.208. The van der Waals surface area contributed by atoms with E-state index in [1.165, 1.54) is 30.5 Å². The lowest BCUT2D eigenvalue weighted by Crippen LogP contribution is -2.45. The highest BCUT2D eigenvalue weighted by atomic mass is 79.9. The Kier molecular flexibility index (Phi) is 6.80. The molecule has 1 atom stereocenters. The normalized spacial score (nSPS) is 15.6. The third-order valence-corrected chi connectivity index (χ3v) is 6.77. The summed E-state index contributed by atoms with van der Waals surface area (Å²) in [6.07, 6.45) is -0.0840. The number of hydrogen-bond donors (Lipinski definition) is 0. The van der Waals surface area contributed by atoms with Gasteiger partial charge >= 0.3 is 0 Å². The van der Waals surface area contributed by atoms with Crippen molar-refractivity contribution in [3.8, 4) is 11.5 Å². The van der Waals surface area contributed by atoms with E-state index in [0.717, 1.165) is 14.2 Å². The van der Waals surface area contributed by atoms with Gasteiger partial charge in [-0.05, 0) is 53.9 Å². The molecule has 2 heterocycles. The van der Waals surface area contributed by atoms with Crippen LogP contribution in [0.2, 0.25) is 0 Å². The van der Waals surface area contributed by atoms with Gasteiger partial charge < -0.3 is 14.4 Å². The summed E-state index contributed by atoms with van der Waals surface area (Å²) in [7, 11) is 3.01. The molecule has 1 unspecified atom stereocenters. The molecule has 7 nitrogen and oxygen atoms in total. The largest absolute Gasteiger partial charge is 0.493 e. The Bertz CT molecular complexity index is 1180. The summed E-state index contributed by atoms with van der Waals surface area (Å²) < 4.78 is 11.4. The lowest BCUT2D eigenvalue weighted by Gasteiger charge is -2.27. The van der Waals surface area contributed by atoms with Crippen molar-refractivity contribution in [2.45, 2.75) is 19.0 Å². The number of thiophene rings is 1. The molecule has 1 saturated heterocycles. The molecule has 1 aromatic heterocycles. The number of methoxy groups -OCH3 is 2. The van der Waals surface area contributed by atoms with Crippen molar-refractivity contribution in [3.63, 3.8) is 0 Å². The lowest BCUT2D eigenvalue weighted by molar-refractivity contribution is -0.122. The van der Waals surface area contributed by atoms with E-state index >= 15 is 0 Å². The van der Waals surface area contributed by atoms with Gasteiger partial charge in [0.25, 0.3) is 11.8 Å². The zero-order valence-corrected chi connectivity index (χ0v) is 20.4. The Morgan fingerprint density at radius 3 is 2.45 bits per heavy atom. The van der Waals surface area contributed by atoms with Gasteiger partial charge in [-0.1, -0.05) is 22.0 Å². The first-order valence-electron chi connectivity index (χ1n) is 10.1. The van der Waals surface area contributed by atoms with E-state index in [1.807, 2.05) is 17.5 Å². The van der Waals surface area contributed by atoms with Gasteiger partial charge in [-0.2, -0.15) is 0 Å². The van der Waals surface area contributed by atoms with Gasteiger partial charge in [-0.15, -0.1) is 11.3 Å². The van der Waals surface area contributed by atoms with E-state index in [-0.39, 0.29) is 24.8 Å². The Balaban J connectivity index is 1.69. The molecular weight excluding hydrogens is 508 g/mol. The number of benzene rings is 2. The molecule has 0 radical (unpaired) electrons.